The van der Waals surface area contributed by atoms with Gasteiger partial charge in [0, 0.05) is 5.41 Å². The minimum atomic E-state index is 0.0900. The van der Waals surface area contributed by atoms with Crippen molar-refractivity contribution in [2.75, 3.05) is 0 Å². The first kappa shape index (κ1) is 8.28. The predicted molar refractivity (Wildman–Crippen MR) is 55.3 cm³/mol. The van der Waals surface area contributed by atoms with E-state index in [1.165, 1.54) is 12.0 Å². The summed E-state index contributed by atoms with van der Waals surface area (Å²) in [6.07, 6.45) is 9.36. The van der Waals surface area contributed by atoms with Crippen LogP contribution < -0.4 is 0 Å². The number of carbonyl (C=O) groups excluding carboxylic acids is 1. The predicted octanol–water partition coefficient (Wildman–Crippen LogP) is 2.01. The van der Waals surface area contributed by atoms with E-state index in [1.54, 1.807) is 6.08 Å². The largest absolute Gasteiger partial charge is 0.367 e. The number of ketones is 1. The average Bonchev–Trinajstić information content (AvgIpc) is 2.54. The van der Waals surface area contributed by atoms with Gasteiger partial charge in [0.15, 0.2) is 5.78 Å². The molecule has 4 fully saturated rings. The highest BCUT2D eigenvalue weighted by Crippen LogP contribution is 2.67. The summed E-state index contributed by atoms with van der Waals surface area (Å²) in [4.78, 5) is 11.4. The number of carbonyl (C=O) groups is 1. The highest BCUT2D eigenvalue weighted by molar-refractivity contribution is 6.01. The van der Waals surface area contributed by atoms with Crippen LogP contribution in [0, 0.1) is 11.3 Å². The topological polar surface area (TPSA) is 26.3 Å². The summed E-state index contributed by atoms with van der Waals surface area (Å²) in [5, 5.41) is 0. The third kappa shape index (κ3) is 0.795. The molecule has 2 nitrogen and oxygen atoms in total. The Balaban J connectivity index is 1.92. The molecule has 3 aliphatic carbocycles. The Labute approximate surface area is 89.0 Å². The van der Waals surface area contributed by atoms with Crippen LogP contribution >= 0.6 is 0 Å². The molecule has 1 spiro atoms. The van der Waals surface area contributed by atoms with Crippen molar-refractivity contribution in [1.29, 1.82) is 0 Å². The first-order valence-corrected chi connectivity index (χ1v) is 5.74. The molecule has 2 heteroatoms. The van der Waals surface area contributed by atoms with Crippen LogP contribution in [0.5, 0.6) is 0 Å². The summed E-state index contributed by atoms with van der Waals surface area (Å²) < 4.78 is 6.10. The molecule has 2 saturated carbocycles. The van der Waals surface area contributed by atoms with Crippen LogP contribution in [-0.4, -0.2) is 17.5 Å². The van der Waals surface area contributed by atoms with Gasteiger partial charge in [-0.2, -0.15) is 0 Å². The van der Waals surface area contributed by atoms with E-state index in [9.17, 15) is 4.79 Å². The smallest absolute Gasteiger partial charge is 0.178 e. The molecule has 2 aliphatic heterocycles. The normalized spacial score (nSPS) is 54.7. The molecule has 0 amide bonds. The van der Waals surface area contributed by atoms with E-state index in [-0.39, 0.29) is 22.9 Å². The Morgan fingerprint density at radius 1 is 1.53 bits per heavy atom. The average molecular weight is 202 g/mol. The number of allylic oxidation sites excluding steroid dienone is 3. The molecular weight excluding hydrogens is 188 g/mol. The summed E-state index contributed by atoms with van der Waals surface area (Å²) in [6, 6.07) is 0. The quantitative estimate of drug-likeness (QED) is 0.600. The van der Waals surface area contributed by atoms with Crippen LogP contribution in [0.25, 0.3) is 0 Å². The van der Waals surface area contributed by atoms with Gasteiger partial charge in [0.25, 0.3) is 0 Å². The van der Waals surface area contributed by atoms with Crippen molar-refractivity contribution in [2.45, 2.75) is 37.9 Å². The first-order chi connectivity index (χ1) is 7.11. The van der Waals surface area contributed by atoms with Crippen molar-refractivity contribution in [3.05, 3.63) is 23.8 Å². The zero-order chi connectivity index (χ0) is 10.3. The van der Waals surface area contributed by atoms with Crippen molar-refractivity contribution >= 4 is 5.78 Å². The Morgan fingerprint density at radius 3 is 3.20 bits per heavy atom. The molecule has 5 aliphatic rings. The van der Waals surface area contributed by atoms with Gasteiger partial charge >= 0.3 is 0 Å². The highest BCUT2D eigenvalue weighted by atomic mass is 16.5. The molecule has 15 heavy (non-hydrogen) atoms. The van der Waals surface area contributed by atoms with Crippen LogP contribution in [0.4, 0.5) is 0 Å². The van der Waals surface area contributed by atoms with E-state index in [4.69, 9.17) is 4.74 Å². The van der Waals surface area contributed by atoms with Crippen LogP contribution in [0.2, 0.25) is 0 Å². The fraction of sp³-hybridized carbons (Fsp3) is 0.615. The highest BCUT2D eigenvalue weighted by Gasteiger charge is 2.65. The lowest BCUT2D eigenvalue weighted by Gasteiger charge is -2.42. The zero-order valence-electron chi connectivity index (χ0n) is 8.82. The Hall–Kier alpha value is -0.890. The second kappa shape index (κ2) is 2.12. The second-order valence-electron chi connectivity index (χ2n) is 5.72. The van der Waals surface area contributed by atoms with Gasteiger partial charge < -0.3 is 4.74 Å². The summed E-state index contributed by atoms with van der Waals surface area (Å²) in [6.45, 7) is 2.24. The van der Waals surface area contributed by atoms with Crippen LogP contribution in [0.15, 0.2) is 23.8 Å². The number of rotatable bonds is 0. The van der Waals surface area contributed by atoms with Gasteiger partial charge in [-0.15, -0.1) is 0 Å². The third-order valence-electron chi connectivity index (χ3n) is 4.84. The van der Waals surface area contributed by atoms with E-state index in [0.29, 0.717) is 5.92 Å². The summed E-state index contributed by atoms with van der Waals surface area (Å²) >= 11 is 0. The lowest BCUT2D eigenvalue weighted by molar-refractivity contribution is -0.111. The molecule has 4 bridgehead atoms. The van der Waals surface area contributed by atoms with Crippen LogP contribution in [0.1, 0.15) is 26.2 Å². The third-order valence-corrected chi connectivity index (χ3v) is 4.84. The maximum atomic E-state index is 11.4. The van der Waals surface area contributed by atoms with E-state index in [1.807, 2.05) is 6.08 Å². The van der Waals surface area contributed by atoms with E-state index in [2.05, 4.69) is 13.0 Å². The minimum Gasteiger partial charge on any atom is -0.367 e. The van der Waals surface area contributed by atoms with Gasteiger partial charge in [-0.3, -0.25) is 4.79 Å². The van der Waals surface area contributed by atoms with Gasteiger partial charge in [0.05, 0.1) is 11.7 Å². The lowest BCUT2D eigenvalue weighted by atomic mass is 9.68. The molecule has 0 aromatic carbocycles. The lowest BCUT2D eigenvalue weighted by Crippen LogP contribution is -2.39. The molecule has 0 radical (unpaired) electrons. The van der Waals surface area contributed by atoms with Crippen molar-refractivity contribution in [3.8, 4) is 0 Å². The van der Waals surface area contributed by atoms with Crippen molar-refractivity contribution in [3.63, 3.8) is 0 Å². The summed E-state index contributed by atoms with van der Waals surface area (Å²) in [7, 11) is 0. The van der Waals surface area contributed by atoms with Crippen LogP contribution in [0.3, 0.4) is 0 Å². The SMILES string of the molecule is CC12CC34C=CC(=O)C=C3C(CC1C4)O2. The summed E-state index contributed by atoms with van der Waals surface area (Å²) in [5.41, 5.74) is 1.54. The molecule has 2 saturated heterocycles. The molecule has 4 atom stereocenters. The van der Waals surface area contributed by atoms with E-state index >= 15 is 0 Å². The van der Waals surface area contributed by atoms with Crippen molar-refractivity contribution < 1.29 is 9.53 Å². The monoisotopic (exact) mass is 202 g/mol. The van der Waals surface area contributed by atoms with E-state index in [0.717, 1.165) is 12.8 Å². The number of hydrogen-bond donors (Lipinski definition) is 0. The van der Waals surface area contributed by atoms with Gasteiger partial charge in [-0.05, 0) is 49.8 Å². The maximum Gasteiger partial charge on any atom is 0.178 e. The molecule has 78 valence electrons. The maximum absolute atomic E-state index is 11.4. The Morgan fingerprint density at radius 2 is 2.40 bits per heavy atom. The van der Waals surface area contributed by atoms with E-state index < -0.39 is 0 Å². The van der Waals surface area contributed by atoms with Gasteiger partial charge in [-0.1, -0.05) is 6.08 Å². The molecular formula is C13H14O2. The van der Waals surface area contributed by atoms with Gasteiger partial charge in [0.2, 0.25) is 0 Å². The number of hydrogen-bond acceptors (Lipinski definition) is 2. The molecule has 4 unspecified atom stereocenters. The fourth-order valence-corrected chi connectivity index (χ4v) is 4.23. The minimum absolute atomic E-state index is 0.0900. The van der Waals surface area contributed by atoms with Crippen molar-refractivity contribution in [2.24, 2.45) is 11.3 Å². The molecule has 5 rings (SSSR count). The molecule has 0 N–H and O–H groups in total. The molecule has 2 heterocycles. The molecule has 0 aromatic rings. The van der Waals surface area contributed by atoms with Crippen molar-refractivity contribution in [1.82, 2.24) is 0 Å². The Bertz CT molecular complexity index is 434. The zero-order valence-corrected chi connectivity index (χ0v) is 8.82. The standard InChI is InChI=1S/C13H14O2/c1-12-7-13-3-2-9(14)5-10(13)11(15-12)4-8(12)6-13/h2-3,5,8,11H,4,6-7H2,1H3. The number of ether oxygens (including phenoxy) is 1. The Kier molecular flexibility index (Phi) is 1.17. The van der Waals surface area contributed by atoms with Crippen LogP contribution in [-0.2, 0) is 9.53 Å². The van der Waals surface area contributed by atoms with Gasteiger partial charge in [0.1, 0.15) is 0 Å². The first-order valence-electron chi connectivity index (χ1n) is 5.74. The fourth-order valence-electron chi connectivity index (χ4n) is 4.23. The van der Waals surface area contributed by atoms with Gasteiger partial charge in [-0.25, -0.2) is 0 Å². The molecule has 0 aromatic heterocycles. The second-order valence-corrected chi connectivity index (χ2v) is 5.72. The summed E-state index contributed by atoms with van der Waals surface area (Å²) in [5.74, 6) is 0.843.